The Kier molecular flexibility index (Phi) is 3.87. The first kappa shape index (κ1) is 17.7. The fourth-order valence-corrected chi connectivity index (χ4v) is 8.19. The van der Waals surface area contributed by atoms with Crippen molar-refractivity contribution in [2.75, 3.05) is 7.05 Å². The number of benzene rings is 1. The number of hydrogen-bond acceptors (Lipinski definition) is 5. The topological polar surface area (TPSA) is 64.4 Å². The molecule has 1 aromatic rings. The van der Waals surface area contributed by atoms with Crippen LogP contribution in [0, 0.1) is 23.7 Å². The molecule has 0 radical (unpaired) electrons. The fourth-order valence-electron chi connectivity index (χ4n) is 4.39. The van der Waals surface area contributed by atoms with E-state index < -0.39 is 16.3 Å². The maximum absolute atomic E-state index is 13.4. The summed E-state index contributed by atoms with van der Waals surface area (Å²) >= 11 is 0. The van der Waals surface area contributed by atoms with Crippen LogP contribution >= 0.6 is 21.6 Å². The highest BCUT2D eigenvalue weighted by Crippen LogP contribution is 2.65. The second-order valence-corrected chi connectivity index (χ2v) is 10.4. The molecular weight excluding hydrogens is 366 g/mol. The van der Waals surface area contributed by atoms with Gasteiger partial charge >= 0.3 is 0 Å². The molecule has 4 saturated heterocycles. The van der Waals surface area contributed by atoms with Crippen molar-refractivity contribution in [3.63, 3.8) is 0 Å². The first-order chi connectivity index (χ1) is 12.2. The number of fused-ring (bicyclic) bond motifs is 3. The van der Waals surface area contributed by atoms with Crippen molar-refractivity contribution < 1.29 is 9.59 Å². The van der Waals surface area contributed by atoms with Gasteiger partial charge < -0.3 is 9.80 Å². The van der Waals surface area contributed by atoms with Crippen molar-refractivity contribution in [2.45, 2.75) is 49.4 Å². The summed E-state index contributed by atoms with van der Waals surface area (Å²) in [7, 11) is 4.73. The number of aryl methyl sites for hydroxylation is 1. The van der Waals surface area contributed by atoms with Gasteiger partial charge in [0.05, 0.1) is 23.6 Å². The number of hydrogen-bond donors (Lipinski definition) is 0. The van der Waals surface area contributed by atoms with E-state index in [1.165, 1.54) is 21.6 Å². The molecule has 0 aliphatic carbocycles. The molecule has 4 heterocycles. The number of amides is 2. The van der Waals surface area contributed by atoms with Crippen LogP contribution in [0.25, 0.3) is 0 Å². The minimum atomic E-state index is -1.00. The van der Waals surface area contributed by atoms with E-state index in [1.54, 1.807) is 16.8 Å². The second-order valence-electron chi connectivity index (χ2n) is 7.77. The van der Waals surface area contributed by atoms with Gasteiger partial charge in [-0.15, -0.1) is 0 Å². The van der Waals surface area contributed by atoms with Gasteiger partial charge in [-0.1, -0.05) is 51.4 Å². The SMILES string of the molecule is Cc1ccc(C2N3C(=O)[C@H]4SSC3(C[C@]2(C)C#N)C(=O)N(C)C4C)cc1. The molecule has 1 aromatic carbocycles. The second kappa shape index (κ2) is 5.67. The molecule has 7 heteroatoms. The van der Waals surface area contributed by atoms with Crippen LogP contribution in [-0.4, -0.2) is 44.8 Å². The van der Waals surface area contributed by atoms with Crippen LogP contribution in [0.5, 0.6) is 0 Å². The number of carbonyl (C=O) groups excluding carboxylic acids is 2. The van der Waals surface area contributed by atoms with Crippen LogP contribution in [0.1, 0.15) is 37.4 Å². The van der Waals surface area contributed by atoms with Crippen LogP contribution in [-0.2, 0) is 9.59 Å². The standard InChI is InChI=1S/C19H21N3O2S2/c1-11-5-7-13(8-6-11)15-18(3,10-20)9-19-17(24)21(4)12(2)14(25-26-19)16(23)22(15)19/h5-8,12,14-15H,9H2,1-4H3/t12?,14-,15?,18+,19?/m0/s1. The molecule has 1 spiro atoms. The van der Waals surface area contributed by atoms with E-state index >= 15 is 0 Å². The summed E-state index contributed by atoms with van der Waals surface area (Å²) in [4.78, 5) is 29.3. The maximum Gasteiger partial charge on any atom is 0.260 e. The van der Waals surface area contributed by atoms with Crippen molar-refractivity contribution in [3.05, 3.63) is 35.4 Å². The van der Waals surface area contributed by atoms with Gasteiger partial charge in [0.1, 0.15) is 5.25 Å². The lowest BCUT2D eigenvalue weighted by Crippen LogP contribution is -2.55. The smallest absolute Gasteiger partial charge is 0.260 e. The normalized spacial score (nSPS) is 39.0. The Morgan fingerprint density at radius 2 is 1.92 bits per heavy atom. The third-order valence-corrected chi connectivity index (χ3v) is 9.41. The van der Waals surface area contributed by atoms with Crippen LogP contribution < -0.4 is 0 Å². The summed E-state index contributed by atoms with van der Waals surface area (Å²) < 4.78 is 0. The average Bonchev–Trinajstić information content (AvgIpc) is 2.85. The number of likely N-dealkylation sites (N-methyl/N-ethyl adjacent to an activating group) is 1. The molecule has 5 atom stereocenters. The minimum absolute atomic E-state index is 0.0245. The molecule has 136 valence electrons. The molecule has 0 aromatic heterocycles. The van der Waals surface area contributed by atoms with Gasteiger partial charge in [0, 0.05) is 13.5 Å². The molecule has 26 heavy (non-hydrogen) atoms. The Hall–Kier alpha value is -1.65. The summed E-state index contributed by atoms with van der Waals surface area (Å²) in [6.07, 6.45) is 0.348. The molecular formula is C19H21N3O2S2. The van der Waals surface area contributed by atoms with Crippen molar-refractivity contribution in [1.29, 1.82) is 5.26 Å². The monoisotopic (exact) mass is 387 g/mol. The summed E-state index contributed by atoms with van der Waals surface area (Å²) in [5.41, 5.74) is 1.23. The van der Waals surface area contributed by atoms with E-state index in [0.717, 1.165) is 11.1 Å². The van der Waals surface area contributed by atoms with Gasteiger partial charge in [0.25, 0.3) is 5.91 Å². The lowest BCUT2D eigenvalue weighted by molar-refractivity contribution is -0.142. The van der Waals surface area contributed by atoms with Gasteiger partial charge in [0.15, 0.2) is 4.87 Å². The first-order valence-corrected chi connectivity index (χ1v) is 10.9. The number of carbonyl (C=O) groups is 2. The molecule has 2 amide bonds. The van der Waals surface area contributed by atoms with Crippen molar-refractivity contribution in [2.24, 2.45) is 5.41 Å². The predicted octanol–water partition coefficient (Wildman–Crippen LogP) is 3.12. The maximum atomic E-state index is 13.4. The van der Waals surface area contributed by atoms with Crippen LogP contribution in [0.2, 0.25) is 0 Å². The molecule has 0 N–H and O–H groups in total. The van der Waals surface area contributed by atoms with Crippen molar-refractivity contribution in [3.8, 4) is 6.07 Å². The van der Waals surface area contributed by atoms with Gasteiger partial charge in [-0.2, -0.15) is 5.26 Å². The zero-order chi connectivity index (χ0) is 18.9. The van der Waals surface area contributed by atoms with Gasteiger partial charge in [-0.25, -0.2) is 0 Å². The Morgan fingerprint density at radius 1 is 1.27 bits per heavy atom. The fraction of sp³-hybridized carbons (Fsp3) is 0.526. The van der Waals surface area contributed by atoms with Crippen LogP contribution in [0.15, 0.2) is 24.3 Å². The van der Waals surface area contributed by atoms with E-state index in [2.05, 4.69) is 6.07 Å². The Bertz CT molecular complexity index is 836. The van der Waals surface area contributed by atoms with E-state index in [9.17, 15) is 14.9 Å². The van der Waals surface area contributed by atoms with Crippen LogP contribution in [0.3, 0.4) is 0 Å². The molecule has 5 rings (SSSR count). The average molecular weight is 388 g/mol. The first-order valence-electron chi connectivity index (χ1n) is 8.68. The van der Waals surface area contributed by atoms with E-state index in [1.807, 2.05) is 45.0 Å². The molecule has 4 aliphatic heterocycles. The Morgan fingerprint density at radius 3 is 2.54 bits per heavy atom. The molecule has 2 bridgehead atoms. The Labute approximate surface area is 161 Å². The molecule has 4 fully saturated rings. The van der Waals surface area contributed by atoms with Gasteiger partial charge in [-0.05, 0) is 26.3 Å². The highest BCUT2D eigenvalue weighted by atomic mass is 33.1. The highest BCUT2D eigenvalue weighted by molar-refractivity contribution is 8.77. The van der Waals surface area contributed by atoms with E-state index in [0.29, 0.717) is 6.42 Å². The van der Waals surface area contributed by atoms with Gasteiger partial charge in [0.2, 0.25) is 5.91 Å². The Balaban J connectivity index is 1.93. The molecule has 3 unspecified atom stereocenters. The lowest BCUT2D eigenvalue weighted by Gasteiger charge is -2.41. The number of nitriles is 1. The third kappa shape index (κ3) is 2.12. The van der Waals surface area contributed by atoms with Crippen LogP contribution in [0.4, 0.5) is 0 Å². The summed E-state index contributed by atoms with van der Waals surface area (Å²) in [5.74, 6) is -0.0876. The molecule has 4 aliphatic rings. The minimum Gasteiger partial charge on any atom is -0.339 e. The highest BCUT2D eigenvalue weighted by Gasteiger charge is 2.70. The quantitative estimate of drug-likeness (QED) is 0.693. The zero-order valence-electron chi connectivity index (χ0n) is 15.2. The molecule has 0 saturated carbocycles. The lowest BCUT2D eigenvalue weighted by atomic mass is 9.79. The predicted molar refractivity (Wildman–Crippen MR) is 103 cm³/mol. The third-order valence-electron chi connectivity index (χ3n) is 5.98. The largest absolute Gasteiger partial charge is 0.339 e. The van der Waals surface area contributed by atoms with Crippen molar-refractivity contribution >= 4 is 33.4 Å². The summed E-state index contributed by atoms with van der Waals surface area (Å²) in [6.45, 7) is 5.82. The number of rotatable bonds is 1. The number of nitrogens with zero attached hydrogens (tertiary/aromatic N) is 3. The van der Waals surface area contributed by atoms with E-state index in [4.69, 9.17) is 0 Å². The summed E-state index contributed by atoms with van der Waals surface area (Å²) in [5, 5.41) is 9.71. The van der Waals surface area contributed by atoms with E-state index in [-0.39, 0.29) is 23.1 Å². The van der Waals surface area contributed by atoms with Crippen molar-refractivity contribution in [1.82, 2.24) is 9.80 Å². The summed E-state index contributed by atoms with van der Waals surface area (Å²) in [6, 6.07) is 9.82. The zero-order valence-corrected chi connectivity index (χ0v) is 16.9. The molecule has 5 nitrogen and oxygen atoms in total. The van der Waals surface area contributed by atoms with Gasteiger partial charge in [-0.3, -0.25) is 9.59 Å².